The van der Waals surface area contributed by atoms with Gasteiger partial charge >= 0.3 is 0 Å². The van der Waals surface area contributed by atoms with Crippen molar-refractivity contribution in [1.82, 2.24) is 0 Å². The number of Topliss-reactive ketones (excluding diaryl/α,β-unsaturated/α-hetero) is 1. The fourth-order valence-electron chi connectivity index (χ4n) is 5.21. The zero-order valence-electron chi connectivity index (χ0n) is 19.2. The van der Waals surface area contributed by atoms with Gasteiger partial charge in [-0.05, 0) is 62.1 Å². The molecule has 31 heavy (non-hydrogen) atoms. The number of aliphatic hydroxyl groups is 1. The highest BCUT2D eigenvalue weighted by molar-refractivity contribution is 5.79. The smallest absolute Gasteiger partial charge is 0.161 e. The zero-order valence-corrected chi connectivity index (χ0v) is 19.2. The summed E-state index contributed by atoms with van der Waals surface area (Å²) in [6, 6.07) is 5.40. The van der Waals surface area contributed by atoms with E-state index in [9.17, 15) is 15.0 Å². The Kier molecular flexibility index (Phi) is 10.2. The van der Waals surface area contributed by atoms with Gasteiger partial charge in [0.25, 0.3) is 0 Å². The minimum absolute atomic E-state index is 0.114. The maximum atomic E-state index is 12.3. The van der Waals surface area contributed by atoms with Gasteiger partial charge in [-0.2, -0.15) is 0 Å². The average molecular weight is 431 g/mol. The third-order valence-corrected chi connectivity index (χ3v) is 7.15. The molecule has 1 atom stereocenters. The number of hydrogen-bond donors (Lipinski definition) is 2. The maximum absolute atomic E-state index is 12.3. The monoisotopic (exact) mass is 430 g/mol. The Labute approximate surface area is 188 Å². The molecule has 2 N–H and O–H groups in total. The number of carbonyl (C=O) groups excluding carboxylic acids is 1. The van der Waals surface area contributed by atoms with Crippen LogP contribution in [0.4, 0.5) is 0 Å². The van der Waals surface area contributed by atoms with Gasteiger partial charge in [0.1, 0.15) is 5.78 Å². The molecule has 0 unspecified atom stereocenters. The number of ether oxygens (including phenoxy) is 1. The van der Waals surface area contributed by atoms with Gasteiger partial charge in [0.15, 0.2) is 11.5 Å². The summed E-state index contributed by atoms with van der Waals surface area (Å²) in [6.45, 7) is 0. The summed E-state index contributed by atoms with van der Waals surface area (Å²) in [5.41, 5.74) is 0.999. The first-order chi connectivity index (χ1) is 15.1. The van der Waals surface area contributed by atoms with Crippen LogP contribution in [0, 0.1) is 5.92 Å². The van der Waals surface area contributed by atoms with E-state index in [-0.39, 0.29) is 24.1 Å². The number of rotatable bonds is 12. The molecule has 1 aromatic carbocycles. The first-order valence-electron chi connectivity index (χ1n) is 12.8. The molecule has 0 saturated heterocycles. The van der Waals surface area contributed by atoms with Crippen molar-refractivity contribution >= 4 is 5.78 Å². The summed E-state index contributed by atoms with van der Waals surface area (Å²) in [7, 11) is 0. The molecule has 2 saturated carbocycles. The van der Waals surface area contributed by atoms with Crippen LogP contribution in [0.2, 0.25) is 0 Å². The van der Waals surface area contributed by atoms with E-state index < -0.39 is 6.10 Å². The Morgan fingerprint density at radius 1 is 1.00 bits per heavy atom. The normalized spacial score (nSPS) is 19.3. The topological polar surface area (TPSA) is 66.8 Å². The van der Waals surface area contributed by atoms with E-state index in [2.05, 4.69) is 0 Å². The first kappa shape index (κ1) is 24.1. The zero-order chi connectivity index (χ0) is 21.9. The Morgan fingerprint density at radius 2 is 1.71 bits per heavy atom. The van der Waals surface area contributed by atoms with Crippen molar-refractivity contribution in [3.63, 3.8) is 0 Å². The van der Waals surface area contributed by atoms with E-state index in [1.54, 1.807) is 6.07 Å². The Morgan fingerprint density at radius 3 is 2.45 bits per heavy atom. The van der Waals surface area contributed by atoms with E-state index in [1.807, 2.05) is 12.1 Å². The fourth-order valence-corrected chi connectivity index (χ4v) is 5.21. The number of aromatic hydroxyl groups is 1. The largest absolute Gasteiger partial charge is 0.504 e. The number of phenolic OH excluding ortho intramolecular Hbond substituents is 1. The predicted molar refractivity (Wildman–Crippen MR) is 125 cm³/mol. The van der Waals surface area contributed by atoms with Crippen LogP contribution in [0.3, 0.4) is 0 Å². The van der Waals surface area contributed by atoms with Crippen LogP contribution < -0.4 is 4.74 Å². The molecule has 3 rings (SSSR count). The Hall–Kier alpha value is -1.55. The number of aryl methyl sites for hydroxylation is 1. The lowest BCUT2D eigenvalue weighted by molar-refractivity contribution is -0.121. The van der Waals surface area contributed by atoms with Crippen molar-refractivity contribution in [3.05, 3.63) is 23.8 Å². The van der Waals surface area contributed by atoms with E-state index in [1.165, 1.54) is 64.2 Å². The number of benzene rings is 1. The number of unbranched alkanes of at least 4 members (excludes halogenated alkanes) is 1. The highest BCUT2D eigenvalue weighted by Gasteiger charge is 2.18. The summed E-state index contributed by atoms with van der Waals surface area (Å²) < 4.78 is 6.02. The molecule has 0 radical (unpaired) electrons. The van der Waals surface area contributed by atoms with Crippen LogP contribution in [-0.2, 0) is 11.2 Å². The molecule has 2 fully saturated rings. The van der Waals surface area contributed by atoms with E-state index in [4.69, 9.17) is 4.74 Å². The highest BCUT2D eigenvalue weighted by Crippen LogP contribution is 2.32. The molecule has 0 amide bonds. The highest BCUT2D eigenvalue weighted by atomic mass is 16.5. The molecule has 4 heteroatoms. The summed E-state index contributed by atoms with van der Waals surface area (Å²) in [5.74, 6) is 1.71. The van der Waals surface area contributed by atoms with E-state index >= 15 is 0 Å². The quantitative estimate of drug-likeness (QED) is 0.372. The summed E-state index contributed by atoms with van der Waals surface area (Å²) in [4.78, 5) is 12.3. The molecule has 0 bridgehead atoms. The Bertz CT molecular complexity index is 659. The lowest BCUT2D eigenvalue weighted by Gasteiger charge is -2.23. The molecular formula is C27H42O4. The van der Waals surface area contributed by atoms with Gasteiger partial charge in [0.05, 0.1) is 12.2 Å². The standard InChI is InChI=1S/C27H42O4/c28-23(12-8-7-11-21-9-3-1-4-10-21)20-24(29)17-15-22-16-18-26(30)27(19-22)31-25-13-5-2-6-14-25/h16,18-19,21,23,25,28,30H,1-15,17,20H2/t23-/m1/s1. The third-order valence-electron chi connectivity index (χ3n) is 7.15. The van der Waals surface area contributed by atoms with Crippen molar-refractivity contribution in [2.75, 3.05) is 0 Å². The number of phenols is 1. The number of hydrogen-bond acceptors (Lipinski definition) is 4. The van der Waals surface area contributed by atoms with Gasteiger partial charge in [-0.3, -0.25) is 4.79 Å². The number of ketones is 1. The van der Waals surface area contributed by atoms with Crippen molar-refractivity contribution < 1.29 is 19.7 Å². The van der Waals surface area contributed by atoms with Crippen molar-refractivity contribution in [2.24, 2.45) is 5.92 Å². The number of aliphatic hydroxyl groups excluding tert-OH is 1. The fraction of sp³-hybridized carbons (Fsp3) is 0.741. The van der Waals surface area contributed by atoms with Crippen molar-refractivity contribution in [2.45, 2.75) is 121 Å². The molecule has 2 aliphatic rings. The molecule has 0 aromatic heterocycles. The van der Waals surface area contributed by atoms with Gasteiger partial charge in [-0.25, -0.2) is 0 Å². The van der Waals surface area contributed by atoms with Crippen LogP contribution >= 0.6 is 0 Å². The van der Waals surface area contributed by atoms with Crippen LogP contribution in [0.25, 0.3) is 0 Å². The minimum atomic E-state index is -0.510. The molecule has 1 aromatic rings. The average Bonchev–Trinajstić information content (AvgIpc) is 2.79. The van der Waals surface area contributed by atoms with Crippen molar-refractivity contribution in [3.8, 4) is 11.5 Å². The summed E-state index contributed by atoms with van der Waals surface area (Å²) >= 11 is 0. The molecule has 4 nitrogen and oxygen atoms in total. The van der Waals surface area contributed by atoms with Crippen LogP contribution in [-0.4, -0.2) is 28.2 Å². The lowest BCUT2D eigenvalue weighted by atomic mass is 9.85. The lowest BCUT2D eigenvalue weighted by Crippen LogP contribution is -2.19. The summed E-state index contributed by atoms with van der Waals surface area (Å²) in [6.07, 6.45) is 17.8. The van der Waals surface area contributed by atoms with Crippen LogP contribution in [0.5, 0.6) is 11.5 Å². The molecule has 0 heterocycles. The Balaban J connectivity index is 1.33. The van der Waals surface area contributed by atoms with Gasteiger partial charge in [-0.15, -0.1) is 0 Å². The van der Waals surface area contributed by atoms with Gasteiger partial charge < -0.3 is 14.9 Å². The van der Waals surface area contributed by atoms with Crippen LogP contribution in [0.1, 0.15) is 108 Å². The summed E-state index contributed by atoms with van der Waals surface area (Å²) in [5, 5.41) is 20.4. The first-order valence-corrected chi connectivity index (χ1v) is 12.8. The predicted octanol–water partition coefficient (Wildman–Crippen LogP) is 6.50. The van der Waals surface area contributed by atoms with Gasteiger partial charge in [-0.1, -0.05) is 63.9 Å². The van der Waals surface area contributed by atoms with Crippen molar-refractivity contribution in [1.29, 1.82) is 0 Å². The second-order valence-corrected chi connectivity index (χ2v) is 9.87. The van der Waals surface area contributed by atoms with E-state index in [0.29, 0.717) is 18.6 Å². The molecule has 0 spiro atoms. The third kappa shape index (κ3) is 8.84. The number of carbonyl (C=O) groups is 1. The second-order valence-electron chi connectivity index (χ2n) is 9.87. The molecule has 2 aliphatic carbocycles. The molecule has 174 valence electrons. The van der Waals surface area contributed by atoms with Gasteiger partial charge in [0.2, 0.25) is 0 Å². The molecule has 0 aliphatic heterocycles. The van der Waals surface area contributed by atoms with Crippen LogP contribution in [0.15, 0.2) is 18.2 Å². The van der Waals surface area contributed by atoms with E-state index in [0.717, 1.165) is 37.2 Å². The minimum Gasteiger partial charge on any atom is -0.504 e. The van der Waals surface area contributed by atoms with Gasteiger partial charge in [0, 0.05) is 12.8 Å². The SMILES string of the molecule is O=C(CCc1ccc(O)c(OC2CCCCC2)c1)C[C@H](O)CCCCC1CCCCC1. The second kappa shape index (κ2) is 13.1. The molecular weight excluding hydrogens is 388 g/mol. The maximum Gasteiger partial charge on any atom is 0.161 e.